The molecule has 1 saturated heterocycles. The van der Waals surface area contributed by atoms with Crippen molar-refractivity contribution in [1.82, 2.24) is 14.8 Å². The lowest BCUT2D eigenvalue weighted by Gasteiger charge is -2.21. The van der Waals surface area contributed by atoms with Crippen LogP contribution in [0.2, 0.25) is 0 Å². The van der Waals surface area contributed by atoms with Gasteiger partial charge in [0, 0.05) is 26.2 Å². The lowest BCUT2D eigenvalue weighted by atomic mass is 10.0. The van der Waals surface area contributed by atoms with Gasteiger partial charge in [0.15, 0.2) is 4.77 Å². The lowest BCUT2D eigenvalue weighted by Crippen LogP contribution is -2.20. The molecule has 0 radical (unpaired) electrons. The van der Waals surface area contributed by atoms with Crippen molar-refractivity contribution in [2.24, 2.45) is 0 Å². The highest BCUT2D eigenvalue weighted by molar-refractivity contribution is 7.71. The number of ether oxygens (including phenoxy) is 2. The SMILES string of the molecule is COCCn1c(C2CCCOC2)n[nH]c1=S. The summed E-state index contributed by atoms with van der Waals surface area (Å²) < 4.78 is 13.2. The van der Waals surface area contributed by atoms with E-state index in [-0.39, 0.29) is 0 Å². The van der Waals surface area contributed by atoms with Crippen LogP contribution < -0.4 is 0 Å². The number of aromatic nitrogens is 3. The highest BCUT2D eigenvalue weighted by atomic mass is 32.1. The van der Waals surface area contributed by atoms with Crippen LogP contribution >= 0.6 is 12.2 Å². The van der Waals surface area contributed by atoms with E-state index in [0.29, 0.717) is 17.3 Å². The van der Waals surface area contributed by atoms with Gasteiger partial charge in [0.05, 0.1) is 13.2 Å². The maximum atomic E-state index is 5.47. The maximum Gasteiger partial charge on any atom is 0.195 e. The number of hydrogen-bond acceptors (Lipinski definition) is 4. The Hall–Kier alpha value is -0.720. The Labute approximate surface area is 99.8 Å². The van der Waals surface area contributed by atoms with E-state index >= 15 is 0 Å². The Morgan fingerprint density at radius 1 is 1.69 bits per heavy atom. The van der Waals surface area contributed by atoms with Gasteiger partial charge in [0.1, 0.15) is 5.82 Å². The number of H-pyrrole nitrogens is 1. The summed E-state index contributed by atoms with van der Waals surface area (Å²) in [6.45, 7) is 3.00. The molecule has 90 valence electrons. The predicted octanol–water partition coefficient (Wildman–Crippen LogP) is 1.48. The molecule has 0 bridgehead atoms. The van der Waals surface area contributed by atoms with Gasteiger partial charge in [-0.2, -0.15) is 5.10 Å². The average Bonchev–Trinajstić information content (AvgIpc) is 2.69. The van der Waals surface area contributed by atoms with Crippen LogP contribution in [-0.2, 0) is 16.0 Å². The molecular formula is C10H17N3O2S. The largest absolute Gasteiger partial charge is 0.383 e. The van der Waals surface area contributed by atoms with E-state index in [4.69, 9.17) is 21.7 Å². The fourth-order valence-electron chi connectivity index (χ4n) is 1.98. The molecule has 0 amide bonds. The molecule has 16 heavy (non-hydrogen) atoms. The Morgan fingerprint density at radius 2 is 2.56 bits per heavy atom. The third-order valence-corrected chi connectivity index (χ3v) is 3.14. The molecule has 1 aromatic heterocycles. The topological polar surface area (TPSA) is 52.1 Å². The molecule has 2 rings (SSSR count). The van der Waals surface area contributed by atoms with E-state index in [1.807, 2.05) is 4.57 Å². The summed E-state index contributed by atoms with van der Waals surface area (Å²) in [5.74, 6) is 1.36. The van der Waals surface area contributed by atoms with Crippen molar-refractivity contribution >= 4 is 12.2 Å². The fourth-order valence-corrected chi connectivity index (χ4v) is 2.22. The van der Waals surface area contributed by atoms with Crippen molar-refractivity contribution in [3.05, 3.63) is 10.6 Å². The van der Waals surface area contributed by atoms with Crippen LogP contribution in [0, 0.1) is 4.77 Å². The van der Waals surface area contributed by atoms with Crippen molar-refractivity contribution in [2.75, 3.05) is 26.9 Å². The number of nitrogens with zero attached hydrogens (tertiary/aromatic N) is 2. The molecule has 0 saturated carbocycles. The first kappa shape index (κ1) is 11.8. The number of nitrogens with one attached hydrogen (secondary N) is 1. The highest BCUT2D eigenvalue weighted by Crippen LogP contribution is 2.23. The summed E-state index contributed by atoms with van der Waals surface area (Å²) in [6.07, 6.45) is 2.21. The molecule has 0 aliphatic carbocycles. The number of methoxy groups -OCH3 is 1. The van der Waals surface area contributed by atoms with Gasteiger partial charge in [0.25, 0.3) is 0 Å². The normalized spacial score (nSPS) is 21.2. The minimum absolute atomic E-state index is 0.360. The zero-order chi connectivity index (χ0) is 11.4. The molecule has 2 heterocycles. The first-order chi connectivity index (χ1) is 7.83. The summed E-state index contributed by atoms with van der Waals surface area (Å²) in [4.78, 5) is 0. The summed E-state index contributed by atoms with van der Waals surface area (Å²) >= 11 is 5.20. The molecule has 1 atom stereocenters. The zero-order valence-electron chi connectivity index (χ0n) is 9.44. The Balaban J connectivity index is 2.15. The molecule has 1 aromatic rings. The van der Waals surface area contributed by atoms with Crippen molar-refractivity contribution in [3.8, 4) is 0 Å². The van der Waals surface area contributed by atoms with E-state index < -0.39 is 0 Å². The molecule has 1 unspecified atom stereocenters. The van der Waals surface area contributed by atoms with Crippen LogP contribution in [0.4, 0.5) is 0 Å². The smallest absolute Gasteiger partial charge is 0.195 e. The third kappa shape index (κ3) is 2.50. The standard InChI is InChI=1S/C10H17N3O2S/c1-14-6-4-13-9(11-12-10(13)16)8-3-2-5-15-7-8/h8H,2-7H2,1H3,(H,12,16). The van der Waals surface area contributed by atoms with Crippen molar-refractivity contribution in [1.29, 1.82) is 0 Å². The first-order valence-corrected chi connectivity index (χ1v) is 5.95. The minimum Gasteiger partial charge on any atom is -0.383 e. The average molecular weight is 243 g/mol. The molecule has 1 aliphatic heterocycles. The van der Waals surface area contributed by atoms with Crippen LogP contribution in [0.5, 0.6) is 0 Å². The van der Waals surface area contributed by atoms with Gasteiger partial charge in [-0.3, -0.25) is 5.10 Å². The van der Waals surface area contributed by atoms with E-state index in [9.17, 15) is 0 Å². The number of aromatic amines is 1. The molecular weight excluding hydrogens is 226 g/mol. The quantitative estimate of drug-likeness (QED) is 0.814. The summed E-state index contributed by atoms with van der Waals surface area (Å²) in [5, 5.41) is 7.15. The maximum absolute atomic E-state index is 5.47. The van der Waals surface area contributed by atoms with Crippen LogP contribution in [0.15, 0.2) is 0 Å². The van der Waals surface area contributed by atoms with E-state index in [1.54, 1.807) is 7.11 Å². The van der Waals surface area contributed by atoms with Gasteiger partial charge in [-0.15, -0.1) is 0 Å². The van der Waals surface area contributed by atoms with Crippen molar-refractivity contribution in [2.45, 2.75) is 25.3 Å². The van der Waals surface area contributed by atoms with Crippen LogP contribution in [0.1, 0.15) is 24.6 Å². The molecule has 0 aromatic carbocycles. The second-order valence-electron chi connectivity index (χ2n) is 3.95. The second kappa shape index (κ2) is 5.56. The van der Waals surface area contributed by atoms with Gasteiger partial charge in [-0.25, -0.2) is 0 Å². The lowest BCUT2D eigenvalue weighted by molar-refractivity contribution is 0.0762. The number of rotatable bonds is 4. The Morgan fingerprint density at radius 3 is 3.25 bits per heavy atom. The monoisotopic (exact) mass is 243 g/mol. The van der Waals surface area contributed by atoms with Crippen LogP contribution in [0.3, 0.4) is 0 Å². The van der Waals surface area contributed by atoms with E-state index in [1.165, 1.54) is 0 Å². The third-order valence-electron chi connectivity index (χ3n) is 2.83. The van der Waals surface area contributed by atoms with Gasteiger partial charge < -0.3 is 14.0 Å². The Bertz CT molecular complexity index is 382. The minimum atomic E-state index is 0.360. The van der Waals surface area contributed by atoms with Gasteiger partial charge in [-0.05, 0) is 25.1 Å². The Kier molecular flexibility index (Phi) is 4.09. The number of hydrogen-bond donors (Lipinski definition) is 1. The van der Waals surface area contributed by atoms with Crippen molar-refractivity contribution < 1.29 is 9.47 Å². The molecule has 1 aliphatic rings. The van der Waals surface area contributed by atoms with Crippen LogP contribution in [-0.4, -0.2) is 41.7 Å². The predicted molar refractivity (Wildman–Crippen MR) is 62.1 cm³/mol. The van der Waals surface area contributed by atoms with Crippen LogP contribution in [0.25, 0.3) is 0 Å². The summed E-state index contributed by atoms with van der Waals surface area (Å²) in [7, 11) is 1.69. The van der Waals surface area contributed by atoms with Gasteiger partial charge in [0.2, 0.25) is 0 Å². The molecule has 0 spiro atoms. The zero-order valence-corrected chi connectivity index (χ0v) is 10.3. The summed E-state index contributed by atoms with van der Waals surface area (Å²) in [5.41, 5.74) is 0. The molecule has 6 heteroatoms. The van der Waals surface area contributed by atoms with E-state index in [0.717, 1.165) is 38.4 Å². The van der Waals surface area contributed by atoms with Crippen molar-refractivity contribution in [3.63, 3.8) is 0 Å². The molecule has 5 nitrogen and oxygen atoms in total. The second-order valence-corrected chi connectivity index (χ2v) is 4.33. The molecule has 1 N–H and O–H groups in total. The highest BCUT2D eigenvalue weighted by Gasteiger charge is 2.21. The van der Waals surface area contributed by atoms with Gasteiger partial charge in [-0.1, -0.05) is 0 Å². The van der Waals surface area contributed by atoms with E-state index in [2.05, 4.69) is 10.2 Å². The van der Waals surface area contributed by atoms with Gasteiger partial charge >= 0.3 is 0 Å². The fraction of sp³-hybridized carbons (Fsp3) is 0.800. The first-order valence-electron chi connectivity index (χ1n) is 5.54. The molecule has 1 fully saturated rings. The summed E-state index contributed by atoms with van der Waals surface area (Å²) in [6, 6.07) is 0.